The van der Waals surface area contributed by atoms with Crippen LogP contribution >= 0.6 is 7.60 Å². The van der Waals surface area contributed by atoms with Gasteiger partial charge in [-0.15, -0.1) is 0 Å². The van der Waals surface area contributed by atoms with Crippen LogP contribution in [0.2, 0.25) is 0 Å². The van der Waals surface area contributed by atoms with Crippen molar-refractivity contribution in [1.82, 2.24) is 0 Å². The Morgan fingerprint density at radius 3 is 2.50 bits per heavy atom. The highest BCUT2D eigenvalue weighted by Gasteiger charge is 2.20. The number of ether oxygens (including phenoxy) is 1. The summed E-state index contributed by atoms with van der Waals surface area (Å²) in [6.07, 6.45) is 0.172. The Balaban J connectivity index is 3.69. The average Bonchev–Trinajstić information content (AvgIpc) is 2.23. The van der Waals surface area contributed by atoms with Gasteiger partial charge >= 0.3 is 7.60 Å². The van der Waals surface area contributed by atoms with Crippen LogP contribution in [0.1, 0.15) is 0 Å². The lowest BCUT2D eigenvalue weighted by atomic mass is 10.5. The van der Waals surface area contributed by atoms with Crippen molar-refractivity contribution in [3.8, 4) is 0 Å². The first-order valence-electron chi connectivity index (χ1n) is 3.91. The molecule has 0 radical (unpaired) electrons. The summed E-state index contributed by atoms with van der Waals surface area (Å²) in [5.41, 5.74) is 0.315. The van der Waals surface area contributed by atoms with Crippen LogP contribution < -0.4 is 0 Å². The monoisotopic (exact) mass is 219 g/mol. The van der Waals surface area contributed by atoms with Gasteiger partial charge in [0.2, 0.25) is 0 Å². The molecule has 0 N–H and O–H groups in total. The summed E-state index contributed by atoms with van der Waals surface area (Å²) in [5, 5.41) is 0. The summed E-state index contributed by atoms with van der Waals surface area (Å²) in [7, 11) is -0.338. The third kappa shape index (κ3) is 5.15. The van der Waals surface area contributed by atoms with E-state index in [1.165, 1.54) is 14.2 Å². The normalized spacial score (nSPS) is 10.9. The minimum absolute atomic E-state index is 0.150. The molecule has 0 spiro atoms. The Morgan fingerprint density at radius 2 is 2.07 bits per heavy atom. The van der Waals surface area contributed by atoms with E-state index in [1.807, 2.05) is 0 Å². The van der Waals surface area contributed by atoms with Gasteiger partial charge in [0.05, 0.1) is 25.9 Å². The van der Waals surface area contributed by atoms with Gasteiger partial charge in [0.1, 0.15) is 0 Å². The minimum atomic E-state index is -2.98. The summed E-state index contributed by atoms with van der Waals surface area (Å²) in [6, 6.07) is 0. The number of nitrogens with zero attached hydrogens (tertiary/aromatic N) is 1. The fourth-order valence-electron chi connectivity index (χ4n) is 0.656. The van der Waals surface area contributed by atoms with Gasteiger partial charge in [-0.05, 0) is 0 Å². The molecule has 0 heterocycles. The van der Waals surface area contributed by atoms with E-state index in [4.69, 9.17) is 20.4 Å². The third-order valence-corrected chi connectivity index (χ3v) is 3.34. The topological polar surface area (TPSA) is 49.1 Å². The molecule has 0 aromatic carbocycles. The zero-order chi connectivity index (χ0) is 11.0. The van der Waals surface area contributed by atoms with E-state index in [0.29, 0.717) is 5.70 Å². The molecule has 80 valence electrons. The van der Waals surface area contributed by atoms with Crippen molar-refractivity contribution in [2.75, 3.05) is 33.6 Å². The quantitative estimate of drug-likeness (QED) is 0.373. The molecule has 0 rings (SSSR count). The lowest BCUT2D eigenvalue weighted by molar-refractivity contribution is 0.166. The van der Waals surface area contributed by atoms with Crippen molar-refractivity contribution in [2.24, 2.45) is 0 Å². The molecule has 0 aliphatic heterocycles. The molecule has 0 atom stereocenters. The number of rotatable bonds is 7. The number of hydrogen-bond donors (Lipinski definition) is 0. The number of hydrogen-bond acceptors (Lipinski definition) is 4. The van der Waals surface area contributed by atoms with Crippen LogP contribution in [0.15, 0.2) is 12.3 Å². The smallest absolute Gasteiger partial charge is 0.332 e. The molecule has 0 aromatic rings. The van der Waals surface area contributed by atoms with Gasteiger partial charge in [-0.25, -0.2) is 4.85 Å². The molecule has 0 saturated carbocycles. The summed E-state index contributed by atoms with van der Waals surface area (Å²) in [5.74, 6) is 0. The molecule has 6 heteroatoms. The second-order valence-corrected chi connectivity index (χ2v) is 4.83. The molecule has 0 unspecified atom stereocenters. The second kappa shape index (κ2) is 6.74. The minimum Gasteiger partial charge on any atom is -0.387 e. The second-order valence-electron chi connectivity index (χ2n) is 2.43. The van der Waals surface area contributed by atoms with Crippen LogP contribution in [0.3, 0.4) is 0 Å². The summed E-state index contributed by atoms with van der Waals surface area (Å²) < 4.78 is 25.9. The van der Waals surface area contributed by atoms with Crippen LogP contribution in [0.25, 0.3) is 4.85 Å². The highest BCUT2D eigenvalue weighted by molar-refractivity contribution is 7.53. The Morgan fingerprint density at radius 1 is 1.50 bits per heavy atom. The summed E-state index contributed by atoms with van der Waals surface area (Å²) >= 11 is 0. The lowest BCUT2D eigenvalue weighted by Gasteiger charge is -2.12. The van der Waals surface area contributed by atoms with Gasteiger partial charge in [0, 0.05) is 14.2 Å². The van der Waals surface area contributed by atoms with E-state index in [0.717, 1.165) is 0 Å². The maximum atomic E-state index is 11.5. The fraction of sp³-hybridized carbons (Fsp3) is 0.625. The fourth-order valence-corrected chi connectivity index (χ4v) is 1.52. The molecule has 0 aliphatic carbocycles. The van der Waals surface area contributed by atoms with E-state index in [9.17, 15) is 4.57 Å². The van der Waals surface area contributed by atoms with Gasteiger partial charge in [-0.2, -0.15) is 0 Å². The highest BCUT2D eigenvalue weighted by atomic mass is 31.2. The third-order valence-electron chi connectivity index (χ3n) is 1.49. The van der Waals surface area contributed by atoms with E-state index < -0.39 is 7.60 Å². The van der Waals surface area contributed by atoms with Crippen LogP contribution in [-0.2, 0) is 18.3 Å². The van der Waals surface area contributed by atoms with Crippen molar-refractivity contribution in [1.29, 1.82) is 0 Å². The Hall–Kier alpha value is -0.660. The zero-order valence-electron chi connectivity index (χ0n) is 8.36. The highest BCUT2D eigenvalue weighted by Crippen LogP contribution is 2.45. The Bertz CT molecular complexity index is 263. The molecule has 5 nitrogen and oxygen atoms in total. The van der Waals surface area contributed by atoms with Gasteiger partial charge in [-0.3, -0.25) is 4.57 Å². The summed E-state index contributed by atoms with van der Waals surface area (Å²) in [6.45, 7) is 10.4. The Kier molecular flexibility index (Phi) is 6.43. The largest absolute Gasteiger partial charge is 0.387 e. The molecule has 14 heavy (non-hydrogen) atoms. The van der Waals surface area contributed by atoms with Crippen molar-refractivity contribution in [2.45, 2.75) is 0 Å². The van der Waals surface area contributed by atoms with E-state index in [-0.39, 0.29) is 19.4 Å². The standard InChI is InChI=1S/C8H14NO4P/c1-8(9-2)7-13-5-6-14(10,11-3)12-4/h1,5-7H2,3-4H3. The van der Waals surface area contributed by atoms with Crippen molar-refractivity contribution < 1.29 is 18.3 Å². The SMILES string of the molecule is [C-]#[N+]C(=C)COCCP(=O)(OC)OC. The first-order chi connectivity index (χ1) is 6.58. The zero-order valence-corrected chi connectivity index (χ0v) is 9.25. The van der Waals surface area contributed by atoms with Crippen LogP contribution in [-0.4, -0.2) is 33.6 Å². The Labute approximate surface area is 84.0 Å². The average molecular weight is 219 g/mol. The molecule has 0 aliphatic rings. The van der Waals surface area contributed by atoms with E-state index >= 15 is 0 Å². The maximum Gasteiger partial charge on any atom is 0.332 e. The van der Waals surface area contributed by atoms with Crippen LogP contribution in [0.5, 0.6) is 0 Å². The van der Waals surface area contributed by atoms with Crippen molar-refractivity contribution >= 4 is 7.60 Å². The van der Waals surface area contributed by atoms with E-state index in [2.05, 4.69) is 11.4 Å². The van der Waals surface area contributed by atoms with Gasteiger partial charge in [0.25, 0.3) is 0 Å². The molecule has 0 bridgehead atoms. The summed E-state index contributed by atoms with van der Waals surface area (Å²) in [4.78, 5) is 3.06. The predicted molar refractivity (Wildman–Crippen MR) is 53.1 cm³/mol. The predicted octanol–water partition coefficient (Wildman–Crippen LogP) is 1.92. The van der Waals surface area contributed by atoms with E-state index in [1.54, 1.807) is 0 Å². The lowest BCUT2D eigenvalue weighted by Crippen LogP contribution is -2.04. The molecular weight excluding hydrogens is 205 g/mol. The first-order valence-corrected chi connectivity index (χ1v) is 5.64. The van der Waals surface area contributed by atoms with Gasteiger partial charge in [-0.1, -0.05) is 6.58 Å². The molecule has 0 amide bonds. The molecule has 0 aromatic heterocycles. The molecular formula is C8H14NO4P. The van der Waals surface area contributed by atoms with Gasteiger partial charge < -0.3 is 13.8 Å². The van der Waals surface area contributed by atoms with Crippen LogP contribution in [0.4, 0.5) is 0 Å². The molecule has 0 fully saturated rings. The van der Waals surface area contributed by atoms with Gasteiger partial charge in [0.15, 0.2) is 5.70 Å². The van der Waals surface area contributed by atoms with Crippen molar-refractivity contribution in [3.05, 3.63) is 23.7 Å². The van der Waals surface area contributed by atoms with Crippen LogP contribution in [0, 0.1) is 6.57 Å². The maximum absolute atomic E-state index is 11.5. The molecule has 0 saturated heterocycles. The first kappa shape index (κ1) is 13.3. The van der Waals surface area contributed by atoms with Crippen molar-refractivity contribution in [3.63, 3.8) is 0 Å².